The van der Waals surface area contributed by atoms with Gasteiger partial charge in [-0.15, -0.1) is 0 Å². The summed E-state index contributed by atoms with van der Waals surface area (Å²) >= 11 is 0. The molecule has 0 bridgehead atoms. The van der Waals surface area contributed by atoms with Crippen molar-refractivity contribution in [1.82, 2.24) is 5.32 Å². The van der Waals surface area contributed by atoms with Gasteiger partial charge in [0.15, 0.2) is 6.10 Å². The van der Waals surface area contributed by atoms with Gasteiger partial charge in [0, 0.05) is 5.56 Å². The van der Waals surface area contributed by atoms with Gasteiger partial charge in [0.05, 0.1) is 5.39 Å². The number of ether oxygens (including phenoxy) is 1. The average molecular weight is 401 g/mol. The van der Waals surface area contributed by atoms with E-state index in [-0.39, 0.29) is 11.5 Å². The lowest BCUT2D eigenvalue weighted by molar-refractivity contribution is -0.144. The molecule has 2 aromatic rings. The summed E-state index contributed by atoms with van der Waals surface area (Å²) < 4.78 is 11.5. The predicted octanol–water partition coefficient (Wildman–Crippen LogP) is 2.97. The number of carboxylic acid groups (broad SMARTS) is 1. The molecule has 0 spiro atoms. The molecule has 7 nitrogen and oxygen atoms in total. The molecule has 0 saturated carbocycles. The highest BCUT2D eigenvalue weighted by Crippen LogP contribution is 2.35. The van der Waals surface area contributed by atoms with Gasteiger partial charge in [-0.3, -0.25) is 4.79 Å². The Morgan fingerprint density at radius 1 is 1.14 bits per heavy atom. The van der Waals surface area contributed by atoms with Crippen molar-refractivity contribution in [3.8, 4) is 5.75 Å². The maximum absolute atomic E-state index is 12.6. The lowest BCUT2D eigenvalue weighted by atomic mass is 9.90. The molecule has 0 unspecified atom stereocenters. The minimum absolute atomic E-state index is 0.259. The fourth-order valence-corrected chi connectivity index (χ4v) is 3.79. The highest BCUT2D eigenvalue weighted by atomic mass is 16.5. The number of aliphatic carboxylic acids is 1. The molecule has 29 heavy (non-hydrogen) atoms. The van der Waals surface area contributed by atoms with E-state index < -0.39 is 24.0 Å². The van der Waals surface area contributed by atoms with E-state index >= 15 is 0 Å². The molecule has 0 radical (unpaired) electrons. The fourth-order valence-electron chi connectivity index (χ4n) is 3.79. The maximum atomic E-state index is 12.6. The van der Waals surface area contributed by atoms with Crippen molar-refractivity contribution in [2.45, 2.75) is 65.5 Å². The number of nitrogens with one attached hydrogen (secondary N) is 1. The van der Waals surface area contributed by atoms with E-state index in [0.29, 0.717) is 23.3 Å². The molecule has 7 heteroatoms. The largest absolute Gasteiger partial charge is 0.480 e. The van der Waals surface area contributed by atoms with Gasteiger partial charge in [-0.2, -0.15) is 0 Å². The van der Waals surface area contributed by atoms with Crippen molar-refractivity contribution in [3.63, 3.8) is 0 Å². The Morgan fingerprint density at radius 3 is 2.41 bits per heavy atom. The zero-order chi connectivity index (χ0) is 21.3. The first kappa shape index (κ1) is 20.9. The Kier molecular flexibility index (Phi) is 5.96. The lowest BCUT2D eigenvalue weighted by Crippen LogP contribution is -2.48. The Morgan fingerprint density at radius 2 is 1.79 bits per heavy atom. The Hall–Kier alpha value is -2.83. The molecule has 1 aromatic carbocycles. The molecule has 1 aliphatic rings. The number of carbonyl (C=O) groups excluding carboxylic acids is 1. The fraction of sp³-hybridized carbons (Fsp3) is 0.500. The number of carboxylic acids is 1. The number of rotatable bonds is 6. The molecule has 1 amide bonds. The molecule has 0 fully saturated rings. The first-order valence-electron chi connectivity index (χ1n) is 9.98. The molecule has 2 N–H and O–H groups in total. The first-order valence-corrected chi connectivity index (χ1v) is 9.98. The van der Waals surface area contributed by atoms with Crippen LogP contribution in [0.2, 0.25) is 0 Å². The number of amides is 1. The molecule has 2 atom stereocenters. The van der Waals surface area contributed by atoms with Crippen LogP contribution in [-0.4, -0.2) is 29.1 Å². The summed E-state index contributed by atoms with van der Waals surface area (Å²) in [4.78, 5) is 36.3. The van der Waals surface area contributed by atoms with Crippen LogP contribution < -0.4 is 15.7 Å². The molecule has 0 aliphatic heterocycles. The summed E-state index contributed by atoms with van der Waals surface area (Å²) in [5.74, 6) is -1.38. The summed E-state index contributed by atoms with van der Waals surface area (Å²) in [5, 5.41) is 12.6. The van der Waals surface area contributed by atoms with E-state index in [9.17, 15) is 19.5 Å². The van der Waals surface area contributed by atoms with Crippen LogP contribution in [0.1, 0.15) is 50.3 Å². The zero-order valence-corrected chi connectivity index (χ0v) is 17.2. The molecular formula is C22H27NO6. The molecule has 1 aliphatic carbocycles. The quantitative estimate of drug-likeness (QED) is 0.721. The van der Waals surface area contributed by atoms with E-state index in [0.717, 1.165) is 35.8 Å². The zero-order valence-electron chi connectivity index (χ0n) is 17.2. The second-order valence-corrected chi connectivity index (χ2v) is 8.02. The molecule has 1 heterocycles. The SMILES string of the molecule is Cc1cc(O[C@H](C)C(=O)N[C@H](C(=O)O)C(C)C)c2c3c(c(=O)oc2c1)CCCC3. The van der Waals surface area contributed by atoms with Crippen molar-refractivity contribution in [2.24, 2.45) is 5.92 Å². The number of carbonyl (C=O) groups is 2. The van der Waals surface area contributed by atoms with Crippen LogP contribution in [-0.2, 0) is 22.4 Å². The third-order valence-electron chi connectivity index (χ3n) is 5.33. The molecular weight excluding hydrogens is 374 g/mol. The summed E-state index contributed by atoms with van der Waals surface area (Å²) in [6.07, 6.45) is 2.43. The van der Waals surface area contributed by atoms with Crippen LogP contribution in [0.3, 0.4) is 0 Å². The summed E-state index contributed by atoms with van der Waals surface area (Å²) in [5.41, 5.74) is 2.58. The van der Waals surface area contributed by atoms with Gasteiger partial charge in [0.25, 0.3) is 5.91 Å². The second-order valence-electron chi connectivity index (χ2n) is 8.02. The topological polar surface area (TPSA) is 106 Å². The van der Waals surface area contributed by atoms with Crippen LogP contribution in [0.15, 0.2) is 21.3 Å². The van der Waals surface area contributed by atoms with Gasteiger partial charge in [-0.05, 0) is 68.7 Å². The summed E-state index contributed by atoms with van der Waals surface area (Å²) in [7, 11) is 0. The van der Waals surface area contributed by atoms with E-state index in [1.54, 1.807) is 26.8 Å². The lowest BCUT2D eigenvalue weighted by Gasteiger charge is -2.23. The Labute approximate surface area is 169 Å². The van der Waals surface area contributed by atoms with Gasteiger partial charge < -0.3 is 19.6 Å². The molecule has 156 valence electrons. The third-order valence-corrected chi connectivity index (χ3v) is 5.33. The monoisotopic (exact) mass is 401 g/mol. The standard InChI is InChI=1S/C22H27NO6/c1-11(2)19(21(25)26)23-20(24)13(4)28-16-9-12(3)10-17-18(16)14-7-5-6-8-15(14)22(27)29-17/h9-11,13,19H,5-8H2,1-4H3,(H,23,24)(H,25,26)/t13-,19+/m1/s1. The molecule has 1 aromatic heterocycles. The third kappa shape index (κ3) is 4.28. The van der Waals surface area contributed by atoms with Crippen molar-refractivity contribution < 1.29 is 23.8 Å². The minimum Gasteiger partial charge on any atom is -0.480 e. The molecule has 0 saturated heterocycles. The van der Waals surface area contributed by atoms with Gasteiger partial charge in [-0.25, -0.2) is 9.59 Å². The summed E-state index contributed by atoms with van der Waals surface area (Å²) in [6, 6.07) is 2.62. The predicted molar refractivity (Wildman–Crippen MR) is 108 cm³/mol. The van der Waals surface area contributed by atoms with E-state index in [1.165, 1.54) is 0 Å². The first-order chi connectivity index (χ1) is 13.7. The van der Waals surface area contributed by atoms with Gasteiger partial charge in [0.1, 0.15) is 17.4 Å². The number of hydrogen-bond acceptors (Lipinski definition) is 5. The second kappa shape index (κ2) is 8.27. The smallest absolute Gasteiger partial charge is 0.339 e. The number of aryl methyl sites for hydroxylation is 2. The highest BCUT2D eigenvalue weighted by molar-refractivity contribution is 5.90. The van der Waals surface area contributed by atoms with Crippen LogP contribution in [0.5, 0.6) is 5.75 Å². The normalized spacial score (nSPS) is 15.6. The van der Waals surface area contributed by atoms with E-state index in [2.05, 4.69) is 5.32 Å². The Balaban J connectivity index is 1.96. The van der Waals surface area contributed by atoms with Crippen molar-refractivity contribution in [3.05, 3.63) is 39.2 Å². The maximum Gasteiger partial charge on any atom is 0.339 e. The van der Waals surface area contributed by atoms with Crippen molar-refractivity contribution >= 4 is 22.8 Å². The van der Waals surface area contributed by atoms with Crippen LogP contribution >= 0.6 is 0 Å². The highest BCUT2D eigenvalue weighted by Gasteiger charge is 2.28. The minimum atomic E-state index is -1.09. The van der Waals surface area contributed by atoms with Crippen LogP contribution in [0.25, 0.3) is 11.0 Å². The van der Waals surface area contributed by atoms with E-state index in [4.69, 9.17) is 9.15 Å². The van der Waals surface area contributed by atoms with Gasteiger partial charge in [0.2, 0.25) is 0 Å². The van der Waals surface area contributed by atoms with Crippen LogP contribution in [0, 0.1) is 12.8 Å². The number of fused-ring (bicyclic) bond motifs is 3. The Bertz CT molecular complexity index is 1010. The van der Waals surface area contributed by atoms with Gasteiger partial charge in [-0.1, -0.05) is 13.8 Å². The van der Waals surface area contributed by atoms with Gasteiger partial charge >= 0.3 is 11.6 Å². The number of benzene rings is 1. The summed E-state index contributed by atoms with van der Waals surface area (Å²) in [6.45, 7) is 6.89. The number of hydrogen-bond donors (Lipinski definition) is 2. The average Bonchev–Trinajstić information content (AvgIpc) is 2.64. The van der Waals surface area contributed by atoms with Crippen LogP contribution in [0.4, 0.5) is 0 Å². The van der Waals surface area contributed by atoms with Crippen molar-refractivity contribution in [1.29, 1.82) is 0 Å². The molecule has 3 rings (SSSR count). The van der Waals surface area contributed by atoms with E-state index in [1.807, 2.05) is 13.0 Å². The van der Waals surface area contributed by atoms with Crippen molar-refractivity contribution in [2.75, 3.05) is 0 Å².